The Morgan fingerprint density at radius 1 is 1.39 bits per heavy atom. The first kappa shape index (κ1) is 12.1. The van der Waals surface area contributed by atoms with E-state index in [0.717, 1.165) is 6.20 Å². The summed E-state index contributed by atoms with van der Waals surface area (Å²) in [5.41, 5.74) is 2.90. The third kappa shape index (κ3) is 2.64. The number of halogens is 1. The molecule has 0 radical (unpaired) electrons. The summed E-state index contributed by atoms with van der Waals surface area (Å²) in [5, 5.41) is 2.82. The van der Waals surface area contributed by atoms with Crippen LogP contribution in [0.15, 0.2) is 30.5 Å². The monoisotopic (exact) mass is 249 g/mol. The van der Waals surface area contributed by atoms with Gasteiger partial charge < -0.3 is 10.1 Å². The van der Waals surface area contributed by atoms with Gasteiger partial charge in [0.25, 0.3) is 0 Å². The lowest BCUT2D eigenvalue weighted by Gasteiger charge is -2.08. The largest absolute Gasteiger partial charge is 0.497 e. The lowest BCUT2D eigenvalue weighted by Crippen LogP contribution is -2.11. The number of methoxy groups -OCH3 is 1. The van der Waals surface area contributed by atoms with Crippen LogP contribution < -0.4 is 21.3 Å². The summed E-state index contributed by atoms with van der Waals surface area (Å²) in [4.78, 5) is 7.51. The van der Waals surface area contributed by atoms with Gasteiger partial charge in [0.1, 0.15) is 5.75 Å². The number of anilines is 3. The SMILES string of the molecule is COc1cccc(Nc2nc(NN)ncc2F)c1. The number of benzene rings is 1. The summed E-state index contributed by atoms with van der Waals surface area (Å²) in [7, 11) is 1.56. The number of nitrogen functional groups attached to an aromatic ring is 1. The topological polar surface area (TPSA) is 85.1 Å². The maximum absolute atomic E-state index is 13.5. The summed E-state index contributed by atoms with van der Waals surface area (Å²) < 4.78 is 18.6. The Labute approximate surface area is 103 Å². The number of hydrazine groups is 1. The van der Waals surface area contributed by atoms with E-state index in [2.05, 4.69) is 20.7 Å². The number of ether oxygens (including phenoxy) is 1. The Balaban J connectivity index is 2.27. The summed E-state index contributed by atoms with van der Waals surface area (Å²) in [6, 6.07) is 7.05. The van der Waals surface area contributed by atoms with Crippen molar-refractivity contribution in [3.63, 3.8) is 0 Å². The maximum Gasteiger partial charge on any atom is 0.239 e. The van der Waals surface area contributed by atoms with E-state index >= 15 is 0 Å². The molecule has 2 aromatic rings. The van der Waals surface area contributed by atoms with Crippen molar-refractivity contribution in [1.29, 1.82) is 0 Å². The molecule has 0 amide bonds. The zero-order chi connectivity index (χ0) is 13.0. The standard InChI is InChI=1S/C11H12FN5O/c1-18-8-4-2-3-7(5-8)15-10-9(12)6-14-11(16-10)17-13/h2-6H,13H2,1H3,(H2,14,15,16,17). The Bertz CT molecular complexity index is 549. The van der Waals surface area contributed by atoms with Gasteiger partial charge in [-0.1, -0.05) is 6.07 Å². The van der Waals surface area contributed by atoms with Crippen LogP contribution in [0.5, 0.6) is 5.75 Å². The van der Waals surface area contributed by atoms with E-state index in [1.807, 2.05) is 0 Å². The summed E-state index contributed by atoms with van der Waals surface area (Å²) >= 11 is 0. The third-order valence-electron chi connectivity index (χ3n) is 2.21. The molecular formula is C11H12FN5O. The van der Waals surface area contributed by atoms with Gasteiger partial charge in [0.05, 0.1) is 13.3 Å². The third-order valence-corrected chi connectivity index (χ3v) is 2.21. The van der Waals surface area contributed by atoms with Crippen molar-refractivity contribution >= 4 is 17.5 Å². The fraction of sp³-hybridized carbons (Fsp3) is 0.0909. The Kier molecular flexibility index (Phi) is 3.54. The van der Waals surface area contributed by atoms with Gasteiger partial charge in [-0.25, -0.2) is 15.2 Å². The van der Waals surface area contributed by atoms with Gasteiger partial charge in [0.15, 0.2) is 11.6 Å². The van der Waals surface area contributed by atoms with E-state index in [0.29, 0.717) is 11.4 Å². The fourth-order valence-corrected chi connectivity index (χ4v) is 1.36. The van der Waals surface area contributed by atoms with Gasteiger partial charge in [-0.3, -0.25) is 5.43 Å². The molecule has 2 rings (SSSR count). The van der Waals surface area contributed by atoms with Gasteiger partial charge >= 0.3 is 0 Å². The Morgan fingerprint density at radius 2 is 2.22 bits per heavy atom. The molecule has 1 aromatic heterocycles. The quantitative estimate of drug-likeness (QED) is 0.564. The van der Waals surface area contributed by atoms with Crippen molar-refractivity contribution in [1.82, 2.24) is 9.97 Å². The van der Waals surface area contributed by atoms with E-state index in [4.69, 9.17) is 10.6 Å². The molecule has 0 saturated carbocycles. The highest BCUT2D eigenvalue weighted by Gasteiger charge is 2.07. The van der Waals surface area contributed by atoms with E-state index in [1.165, 1.54) is 0 Å². The van der Waals surface area contributed by atoms with Crippen molar-refractivity contribution in [2.24, 2.45) is 5.84 Å². The Hall–Kier alpha value is -2.41. The molecule has 7 heteroatoms. The van der Waals surface area contributed by atoms with Crippen molar-refractivity contribution in [2.45, 2.75) is 0 Å². The fourth-order valence-electron chi connectivity index (χ4n) is 1.36. The second-order valence-electron chi connectivity index (χ2n) is 3.39. The van der Waals surface area contributed by atoms with Crippen LogP contribution in [-0.4, -0.2) is 17.1 Å². The van der Waals surface area contributed by atoms with Crippen molar-refractivity contribution in [2.75, 3.05) is 17.9 Å². The van der Waals surface area contributed by atoms with Crippen molar-refractivity contribution < 1.29 is 9.13 Å². The van der Waals surface area contributed by atoms with Gasteiger partial charge in [-0.05, 0) is 12.1 Å². The number of nitrogens with one attached hydrogen (secondary N) is 2. The minimum atomic E-state index is -0.572. The van der Waals surface area contributed by atoms with E-state index in [-0.39, 0.29) is 11.8 Å². The second-order valence-corrected chi connectivity index (χ2v) is 3.39. The van der Waals surface area contributed by atoms with Crippen LogP contribution in [0, 0.1) is 5.82 Å². The smallest absolute Gasteiger partial charge is 0.239 e. The highest BCUT2D eigenvalue weighted by atomic mass is 19.1. The minimum absolute atomic E-state index is 0.0335. The highest BCUT2D eigenvalue weighted by Crippen LogP contribution is 2.22. The first-order valence-electron chi connectivity index (χ1n) is 5.13. The first-order chi connectivity index (χ1) is 8.72. The van der Waals surface area contributed by atoms with Crippen LogP contribution in [0.4, 0.5) is 21.8 Å². The lowest BCUT2D eigenvalue weighted by molar-refractivity contribution is 0.415. The molecule has 0 unspecified atom stereocenters. The second kappa shape index (κ2) is 5.28. The van der Waals surface area contributed by atoms with Crippen molar-refractivity contribution in [3.05, 3.63) is 36.3 Å². The number of rotatable bonds is 4. The zero-order valence-corrected chi connectivity index (χ0v) is 9.64. The summed E-state index contributed by atoms with van der Waals surface area (Å²) in [6.45, 7) is 0. The molecule has 0 fully saturated rings. The van der Waals surface area contributed by atoms with Crippen LogP contribution in [0.1, 0.15) is 0 Å². The van der Waals surface area contributed by atoms with Crippen LogP contribution >= 0.6 is 0 Å². The maximum atomic E-state index is 13.5. The molecular weight excluding hydrogens is 237 g/mol. The average Bonchev–Trinajstić information content (AvgIpc) is 2.41. The molecule has 18 heavy (non-hydrogen) atoms. The molecule has 94 valence electrons. The Morgan fingerprint density at radius 3 is 2.94 bits per heavy atom. The van der Waals surface area contributed by atoms with Gasteiger partial charge in [0.2, 0.25) is 5.95 Å². The first-order valence-corrected chi connectivity index (χ1v) is 5.13. The molecule has 0 aliphatic carbocycles. The number of nitrogens with zero attached hydrogens (tertiary/aromatic N) is 2. The molecule has 0 aliphatic heterocycles. The van der Waals surface area contributed by atoms with E-state index in [1.54, 1.807) is 31.4 Å². The molecule has 0 bridgehead atoms. The molecule has 0 saturated heterocycles. The number of hydrogen-bond donors (Lipinski definition) is 3. The summed E-state index contributed by atoms with van der Waals surface area (Å²) in [6.07, 6.45) is 1.03. The molecule has 0 atom stereocenters. The minimum Gasteiger partial charge on any atom is -0.497 e. The average molecular weight is 249 g/mol. The van der Waals surface area contributed by atoms with Crippen LogP contribution in [-0.2, 0) is 0 Å². The van der Waals surface area contributed by atoms with Gasteiger partial charge in [0, 0.05) is 11.8 Å². The highest BCUT2D eigenvalue weighted by molar-refractivity contribution is 5.59. The summed E-state index contributed by atoms with van der Waals surface area (Å²) in [5.74, 6) is 5.41. The van der Waals surface area contributed by atoms with Crippen LogP contribution in [0.25, 0.3) is 0 Å². The zero-order valence-electron chi connectivity index (χ0n) is 9.64. The molecule has 6 nitrogen and oxygen atoms in total. The molecule has 0 spiro atoms. The van der Waals surface area contributed by atoms with Gasteiger partial charge in [-0.2, -0.15) is 4.98 Å². The predicted octanol–water partition coefficient (Wildman–Crippen LogP) is 1.65. The van der Waals surface area contributed by atoms with Crippen LogP contribution in [0.3, 0.4) is 0 Å². The van der Waals surface area contributed by atoms with Gasteiger partial charge in [-0.15, -0.1) is 0 Å². The normalized spacial score (nSPS) is 9.94. The lowest BCUT2D eigenvalue weighted by atomic mass is 10.3. The molecule has 4 N–H and O–H groups in total. The van der Waals surface area contributed by atoms with Crippen molar-refractivity contribution in [3.8, 4) is 5.75 Å². The van der Waals surface area contributed by atoms with Crippen LogP contribution in [0.2, 0.25) is 0 Å². The van der Waals surface area contributed by atoms with E-state index in [9.17, 15) is 4.39 Å². The molecule has 1 aromatic carbocycles. The predicted molar refractivity (Wildman–Crippen MR) is 66.1 cm³/mol. The number of nitrogens with two attached hydrogens (primary N) is 1. The number of aromatic nitrogens is 2. The van der Waals surface area contributed by atoms with E-state index < -0.39 is 5.82 Å². The number of hydrogen-bond acceptors (Lipinski definition) is 6. The molecule has 0 aliphatic rings. The molecule has 1 heterocycles.